The van der Waals surface area contributed by atoms with E-state index in [1.165, 1.54) is 0 Å². The first-order valence-electron chi connectivity index (χ1n) is 7.83. The first-order valence-corrected chi connectivity index (χ1v) is 7.83. The summed E-state index contributed by atoms with van der Waals surface area (Å²) in [7, 11) is 0. The third-order valence-corrected chi connectivity index (χ3v) is 3.91. The highest BCUT2D eigenvalue weighted by molar-refractivity contribution is 5.73. The van der Waals surface area contributed by atoms with Crippen LogP contribution in [0.4, 0.5) is 5.95 Å². The molecule has 1 aromatic heterocycles. The molecule has 5 nitrogen and oxygen atoms in total. The zero-order valence-corrected chi connectivity index (χ0v) is 13.2. The zero-order valence-electron chi connectivity index (χ0n) is 13.2. The van der Waals surface area contributed by atoms with Crippen LogP contribution in [-0.2, 0) is 13.1 Å². The molecule has 0 aliphatic heterocycles. The topological polar surface area (TPSA) is 64.3 Å². The Kier molecular flexibility index (Phi) is 4.48. The highest BCUT2D eigenvalue weighted by atomic mass is 16.5. The van der Waals surface area contributed by atoms with Crippen LogP contribution in [0.2, 0.25) is 0 Å². The van der Waals surface area contributed by atoms with Gasteiger partial charge in [0.25, 0.3) is 0 Å². The molecule has 120 valence electrons. The Morgan fingerprint density at radius 3 is 2.57 bits per heavy atom. The van der Waals surface area contributed by atoms with Crippen molar-refractivity contribution in [2.75, 3.05) is 12.3 Å². The van der Waals surface area contributed by atoms with Gasteiger partial charge < -0.3 is 9.84 Å². The number of ether oxygens (including phenoxy) is 1. The lowest BCUT2D eigenvalue weighted by molar-refractivity contribution is -0.665. The van der Waals surface area contributed by atoms with Crippen molar-refractivity contribution in [2.24, 2.45) is 0 Å². The minimum absolute atomic E-state index is 0.224. The summed E-state index contributed by atoms with van der Waals surface area (Å²) < 4.78 is 9.60. The summed E-state index contributed by atoms with van der Waals surface area (Å²) in [5.41, 5.74) is 8.35. The second kappa shape index (κ2) is 6.71. The van der Waals surface area contributed by atoms with Gasteiger partial charge in [-0.25, -0.2) is 9.13 Å². The first kappa shape index (κ1) is 15.4. The Labute approximate surface area is 135 Å². The second-order valence-corrected chi connectivity index (χ2v) is 5.48. The fourth-order valence-corrected chi connectivity index (χ4v) is 2.81. The van der Waals surface area contributed by atoms with Crippen molar-refractivity contribution < 1.29 is 14.4 Å². The van der Waals surface area contributed by atoms with Gasteiger partial charge in [-0.1, -0.05) is 30.3 Å². The van der Waals surface area contributed by atoms with E-state index in [0.717, 1.165) is 23.3 Å². The number of hydrogen-bond acceptors (Lipinski definition) is 3. The monoisotopic (exact) mass is 312 g/mol. The van der Waals surface area contributed by atoms with Crippen LogP contribution in [0.3, 0.4) is 0 Å². The standard InChI is InChI=1S/C18H21N3O2/c1-2-20-16-10-6-7-11-17(16)21(18(20)19)12-14(22)13-23-15-8-4-3-5-9-15/h3-11,14,19,22H,2,12-13H2,1H3/p+1/t14-/m0/s1. The molecule has 0 bridgehead atoms. The van der Waals surface area contributed by atoms with Crippen molar-refractivity contribution in [3.05, 3.63) is 54.6 Å². The molecule has 0 radical (unpaired) electrons. The average Bonchev–Trinajstić information content (AvgIpc) is 2.85. The molecule has 2 aromatic carbocycles. The number of aliphatic hydroxyl groups excluding tert-OH is 1. The summed E-state index contributed by atoms with van der Waals surface area (Å²) in [6, 6.07) is 17.5. The predicted octanol–water partition coefficient (Wildman–Crippen LogP) is 1.97. The summed E-state index contributed by atoms with van der Waals surface area (Å²) in [5.74, 6) is 1.40. The quantitative estimate of drug-likeness (QED) is 0.684. The lowest BCUT2D eigenvalue weighted by atomic mass is 10.3. The largest absolute Gasteiger partial charge is 0.491 e. The van der Waals surface area contributed by atoms with Crippen LogP contribution in [0.15, 0.2) is 54.6 Å². The maximum absolute atomic E-state index is 10.3. The Morgan fingerprint density at radius 2 is 1.83 bits per heavy atom. The van der Waals surface area contributed by atoms with Gasteiger partial charge in [0.15, 0.2) is 0 Å². The third kappa shape index (κ3) is 3.14. The lowest BCUT2D eigenvalue weighted by Gasteiger charge is -2.12. The minimum Gasteiger partial charge on any atom is -0.491 e. The zero-order chi connectivity index (χ0) is 16.2. The van der Waals surface area contributed by atoms with Gasteiger partial charge in [-0.2, -0.15) is 0 Å². The number of nitrogens with zero attached hydrogens (tertiary/aromatic N) is 2. The maximum Gasteiger partial charge on any atom is 0.356 e. The van der Waals surface area contributed by atoms with Gasteiger partial charge in [0.1, 0.15) is 36.0 Å². The number of benzene rings is 2. The Bertz CT molecular complexity index is 784. The van der Waals surface area contributed by atoms with Crippen LogP contribution >= 0.6 is 0 Å². The van der Waals surface area contributed by atoms with Gasteiger partial charge in [0.05, 0.1) is 6.54 Å². The van der Waals surface area contributed by atoms with Crippen LogP contribution < -0.4 is 15.0 Å². The number of rotatable bonds is 6. The van der Waals surface area contributed by atoms with E-state index in [9.17, 15) is 5.11 Å². The molecular formula is C18H22N3O2+. The molecule has 1 heterocycles. The van der Waals surface area contributed by atoms with Crippen LogP contribution in [0.25, 0.3) is 11.0 Å². The van der Waals surface area contributed by atoms with Crippen LogP contribution in [0.5, 0.6) is 5.75 Å². The van der Waals surface area contributed by atoms with Crippen molar-refractivity contribution in [1.29, 1.82) is 0 Å². The molecule has 3 N–H and O–H groups in total. The summed E-state index contributed by atoms with van der Waals surface area (Å²) in [6.07, 6.45) is -0.640. The fraction of sp³-hybridized carbons (Fsp3) is 0.278. The number of nitrogen functional groups attached to an aromatic ring is 1. The summed E-state index contributed by atoms with van der Waals surface area (Å²) >= 11 is 0. The molecule has 3 rings (SSSR count). The molecule has 23 heavy (non-hydrogen) atoms. The van der Waals surface area contributed by atoms with Gasteiger partial charge in [-0.05, 0) is 31.2 Å². The van der Waals surface area contributed by atoms with Crippen LogP contribution in [-0.4, -0.2) is 22.4 Å². The summed E-state index contributed by atoms with van der Waals surface area (Å²) in [6.45, 7) is 3.46. The molecule has 0 fully saturated rings. The van der Waals surface area contributed by atoms with Crippen molar-refractivity contribution in [1.82, 2.24) is 4.57 Å². The van der Waals surface area contributed by atoms with Gasteiger partial charge >= 0.3 is 5.95 Å². The molecule has 1 atom stereocenters. The number of aromatic nitrogens is 2. The summed E-state index contributed by atoms with van der Waals surface area (Å²) in [5, 5.41) is 10.3. The van der Waals surface area contributed by atoms with Crippen LogP contribution in [0, 0.1) is 0 Å². The normalized spacial score (nSPS) is 12.4. The Hall–Kier alpha value is -2.53. The number of nitrogens with two attached hydrogens (primary N) is 1. The molecule has 3 aromatic rings. The molecule has 0 aliphatic carbocycles. The summed E-state index contributed by atoms with van der Waals surface area (Å²) in [4.78, 5) is 0. The van der Waals surface area contributed by atoms with E-state index in [0.29, 0.717) is 12.5 Å². The molecule has 0 unspecified atom stereocenters. The fourth-order valence-electron chi connectivity index (χ4n) is 2.81. The van der Waals surface area contributed by atoms with Gasteiger partial charge in [-0.3, -0.25) is 5.73 Å². The molecular weight excluding hydrogens is 290 g/mol. The van der Waals surface area contributed by atoms with E-state index in [4.69, 9.17) is 10.5 Å². The van der Waals surface area contributed by atoms with Crippen molar-refractivity contribution in [2.45, 2.75) is 26.1 Å². The lowest BCUT2D eigenvalue weighted by Crippen LogP contribution is -2.43. The van der Waals surface area contributed by atoms with Crippen molar-refractivity contribution in [3.8, 4) is 5.75 Å². The van der Waals surface area contributed by atoms with Gasteiger partial charge in [0.2, 0.25) is 0 Å². The number of imidazole rings is 1. The molecule has 0 saturated heterocycles. The van der Waals surface area contributed by atoms with Crippen molar-refractivity contribution >= 4 is 17.0 Å². The van der Waals surface area contributed by atoms with Gasteiger partial charge in [0, 0.05) is 0 Å². The second-order valence-electron chi connectivity index (χ2n) is 5.48. The van der Waals surface area contributed by atoms with Crippen LogP contribution in [0.1, 0.15) is 6.92 Å². The number of hydrogen-bond donors (Lipinski definition) is 2. The molecule has 0 amide bonds. The maximum atomic E-state index is 10.3. The van der Waals surface area contributed by atoms with E-state index < -0.39 is 6.10 Å². The Balaban J connectivity index is 1.77. The van der Waals surface area contributed by atoms with E-state index in [2.05, 4.69) is 6.92 Å². The molecule has 0 spiro atoms. The smallest absolute Gasteiger partial charge is 0.356 e. The molecule has 0 aliphatic rings. The third-order valence-electron chi connectivity index (χ3n) is 3.91. The predicted molar refractivity (Wildman–Crippen MR) is 90.2 cm³/mol. The van der Waals surface area contributed by atoms with E-state index in [-0.39, 0.29) is 6.61 Å². The van der Waals surface area contributed by atoms with E-state index >= 15 is 0 Å². The highest BCUT2D eigenvalue weighted by Crippen LogP contribution is 2.16. The first-order chi connectivity index (χ1) is 11.2. The SMILES string of the molecule is CCn1c(N)[n+](C[C@H](O)COc2ccccc2)c2ccccc21. The Morgan fingerprint density at radius 1 is 1.13 bits per heavy atom. The number of para-hydroxylation sites is 3. The number of aryl methyl sites for hydroxylation is 1. The number of anilines is 1. The number of aliphatic hydroxyl groups is 1. The minimum atomic E-state index is -0.640. The van der Waals surface area contributed by atoms with E-state index in [1.54, 1.807) is 0 Å². The highest BCUT2D eigenvalue weighted by Gasteiger charge is 2.21. The van der Waals surface area contributed by atoms with Crippen molar-refractivity contribution in [3.63, 3.8) is 0 Å². The van der Waals surface area contributed by atoms with E-state index in [1.807, 2.05) is 63.7 Å². The van der Waals surface area contributed by atoms with Gasteiger partial charge in [-0.15, -0.1) is 0 Å². The molecule has 0 saturated carbocycles. The number of fused-ring (bicyclic) bond motifs is 1. The average molecular weight is 312 g/mol. The molecule has 5 heteroatoms.